The fourth-order valence-corrected chi connectivity index (χ4v) is 2.78. The number of hydrogen-bond acceptors (Lipinski definition) is 3. The predicted molar refractivity (Wildman–Crippen MR) is 73.8 cm³/mol. The number of H-pyrrole nitrogens is 1. The van der Waals surface area contributed by atoms with E-state index in [2.05, 4.69) is 33.3 Å². The summed E-state index contributed by atoms with van der Waals surface area (Å²) < 4.78 is 0. The van der Waals surface area contributed by atoms with Crippen LogP contribution in [0.2, 0.25) is 0 Å². The van der Waals surface area contributed by atoms with Crippen LogP contribution in [0.5, 0.6) is 0 Å². The van der Waals surface area contributed by atoms with Gasteiger partial charge in [-0.05, 0) is 30.9 Å². The van der Waals surface area contributed by atoms with Crippen molar-refractivity contribution in [2.24, 2.45) is 5.92 Å². The molecule has 1 aliphatic rings. The second kappa shape index (κ2) is 4.59. The number of rotatable bonds is 2. The van der Waals surface area contributed by atoms with Gasteiger partial charge in [-0.3, -0.25) is 0 Å². The molecule has 0 bridgehead atoms. The van der Waals surface area contributed by atoms with Gasteiger partial charge in [0.05, 0.1) is 5.52 Å². The molecule has 2 aromatic rings. The Kier molecular flexibility index (Phi) is 2.94. The third-order valence-corrected chi connectivity index (χ3v) is 4.02. The number of aromatic nitrogens is 3. The molecule has 4 heteroatoms. The van der Waals surface area contributed by atoms with Crippen LogP contribution in [0.25, 0.3) is 11.2 Å². The minimum Gasteiger partial charge on any atom is -0.373 e. The van der Waals surface area contributed by atoms with E-state index >= 15 is 0 Å². The molecule has 1 aliphatic carbocycles. The molecule has 4 nitrogen and oxygen atoms in total. The molecule has 2 N–H and O–H groups in total. The predicted octanol–water partition coefficient (Wildman–Crippen LogP) is 3.29. The number of aromatic amines is 1. The van der Waals surface area contributed by atoms with Gasteiger partial charge in [-0.1, -0.05) is 19.8 Å². The van der Waals surface area contributed by atoms with Crippen molar-refractivity contribution in [3.8, 4) is 0 Å². The van der Waals surface area contributed by atoms with Gasteiger partial charge in [-0.2, -0.15) is 0 Å². The van der Waals surface area contributed by atoms with Crippen molar-refractivity contribution in [1.29, 1.82) is 0 Å². The van der Waals surface area contributed by atoms with E-state index in [-0.39, 0.29) is 0 Å². The number of imidazole rings is 1. The molecule has 3 rings (SSSR count). The first-order chi connectivity index (χ1) is 8.76. The van der Waals surface area contributed by atoms with E-state index in [1.165, 1.54) is 25.7 Å². The molecule has 0 aromatic carbocycles. The SMILES string of the molecule is CNc1ccc2[nH]c(C3CCC(C)CC3)nc2n1. The summed E-state index contributed by atoms with van der Waals surface area (Å²) in [6, 6.07) is 4.03. The lowest BCUT2D eigenvalue weighted by molar-refractivity contribution is 0.341. The molecule has 2 aromatic heterocycles. The van der Waals surface area contributed by atoms with Crippen molar-refractivity contribution >= 4 is 17.0 Å². The van der Waals surface area contributed by atoms with Crippen molar-refractivity contribution in [3.63, 3.8) is 0 Å². The second-order valence-corrected chi connectivity index (χ2v) is 5.40. The normalized spacial score (nSPS) is 24.3. The molecular formula is C14H20N4. The van der Waals surface area contributed by atoms with Crippen LogP contribution in [0.3, 0.4) is 0 Å². The highest BCUT2D eigenvalue weighted by molar-refractivity contribution is 5.73. The van der Waals surface area contributed by atoms with Gasteiger partial charge in [0.1, 0.15) is 11.6 Å². The molecule has 0 unspecified atom stereocenters. The molecule has 1 fully saturated rings. The van der Waals surface area contributed by atoms with Gasteiger partial charge in [0.2, 0.25) is 0 Å². The number of anilines is 1. The Morgan fingerprint density at radius 1 is 1.17 bits per heavy atom. The van der Waals surface area contributed by atoms with E-state index in [0.717, 1.165) is 28.7 Å². The molecule has 0 aliphatic heterocycles. The fraction of sp³-hybridized carbons (Fsp3) is 0.571. The van der Waals surface area contributed by atoms with Crippen molar-refractivity contribution < 1.29 is 0 Å². The number of pyridine rings is 1. The first-order valence-corrected chi connectivity index (χ1v) is 6.80. The first-order valence-electron chi connectivity index (χ1n) is 6.80. The van der Waals surface area contributed by atoms with Gasteiger partial charge < -0.3 is 10.3 Å². The summed E-state index contributed by atoms with van der Waals surface area (Å²) in [5.74, 6) is 3.46. The summed E-state index contributed by atoms with van der Waals surface area (Å²) in [6.45, 7) is 2.34. The molecule has 2 heterocycles. The smallest absolute Gasteiger partial charge is 0.179 e. The van der Waals surface area contributed by atoms with E-state index in [4.69, 9.17) is 0 Å². The molecule has 0 saturated heterocycles. The lowest BCUT2D eigenvalue weighted by Crippen LogP contribution is -2.11. The number of nitrogens with zero attached hydrogens (tertiary/aromatic N) is 2. The van der Waals surface area contributed by atoms with Crippen molar-refractivity contribution in [1.82, 2.24) is 15.0 Å². The molecule has 18 heavy (non-hydrogen) atoms. The van der Waals surface area contributed by atoms with Crippen LogP contribution in [0.4, 0.5) is 5.82 Å². The van der Waals surface area contributed by atoms with E-state index in [1.54, 1.807) is 0 Å². The van der Waals surface area contributed by atoms with Crippen LogP contribution in [0, 0.1) is 5.92 Å². The maximum absolute atomic E-state index is 4.66. The lowest BCUT2D eigenvalue weighted by Gasteiger charge is -2.24. The van der Waals surface area contributed by atoms with E-state index in [9.17, 15) is 0 Å². The van der Waals surface area contributed by atoms with Gasteiger partial charge >= 0.3 is 0 Å². The van der Waals surface area contributed by atoms with Gasteiger partial charge in [0.15, 0.2) is 5.65 Å². The molecule has 0 atom stereocenters. The lowest BCUT2D eigenvalue weighted by atomic mass is 9.83. The highest BCUT2D eigenvalue weighted by Gasteiger charge is 2.22. The quantitative estimate of drug-likeness (QED) is 0.852. The number of hydrogen-bond donors (Lipinski definition) is 2. The Balaban J connectivity index is 1.88. The average molecular weight is 244 g/mol. The van der Waals surface area contributed by atoms with Crippen molar-refractivity contribution in [3.05, 3.63) is 18.0 Å². The zero-order valence-corrected chi connectivity index (χ0v) is 11.0. The van der Waals surface area contributed by atoms with Crippen LogP contribution in [-0.2, 0) is 0 Å². The summed E-state index contributed by atoms with van der Waals surface area (Å²) in [5.41, 5.74) is 1.87. The number of nitrogens with one attached hydrogen (secondary N) is 2. The van der Waals surface area contributed by atoms with E-state index in [1.807, 2.05) is 13.1 Å². The van der Waals surface area contributed by atoms with Crippen molar-refractivity contribution in [2.45, 2.75) is 38.5 Å². The third-order valence-electron chi connectivity index (χ3n) is 4.02. The topological polar surface area (TPSA) is 53.6 Å². The maximum atomic E-state index is 4.66. The maximum Gasteiger partial charge on any atom is 0.179 e. The van der Waals surface area contributed by atoms with E-state index < -0.39 is 0 Å². The van der Waals surface area contributed by atoms with Crippen LogP contribution >= 0.6 is 0 Å². The summed E-state index contributed by atoms with van der Waals surface area (Å²) in [5, 5.41) is 3.05. The zero-order valence-electron chi connectivity index (χ0n) is 11.0. The second-order valence-electron chi connectivity index (χ2n) is 5.40. The fourth-order valence-electron chi connectivity index (χ4n) is 2.78. The van der Waals surface area contributed by atoms with Gasteiger partial charge in [-0.25, -0.2) is 9.97 Å². The van der Waals surface area contributed by atoms with Crippen LogP contribution < -0.4 is 5.32 Å². The third kappa shape index (κ3) is 2.07. The van der Waals surface area contributed by atoms with Crippen molar-refractivity contribution in [2.75, 3.05) is 12.4 Å². The molecule has 1 saturated carbocycles. The Morgan fingerprint density at radius 3 is 2.67 bits per heavy atom. The molecule has 0 radical (unpaired) electrons. The monoisotopic (exact) mass is 244 g/mol. The minimum absolute atomic E-state index is 0.591. The molecule has 0 spiro atoms. The van der Waals surface area contributed by atoms with Crippen LogP contribution in [-0.4, -0.2) is 22.0 Å². The molecule has 96 valence electrons. The largest absolute Gasteiger partial charge is 0.373 e. The van der Waals surface area contributed by atoms with Gasteiger partial charge in [0, 0.05) is 13.0 Å². The Hall–Kier alpha value is -1.58. The minimum atomic E-state index is 0.591. The summed E-state index contributed by atoms with van der Waals surface area (Å²) in [4.78, 5) is 12.6. The Bertz CT molecular complexity index is 538. The Morgan fingerprint density at radius 2 is 1.94 bits per heavy atom. The summed E-state index contributed by atoms with van der Waals surface area (Å²) in [7, 11) is 1.88. The molecule has 0 amide bonds. The number of fused-ring (bicyclic) bond motifs is 1. The zero-order chi connectivity index (χ0) is 12.5. The van der Waals surface area contributed by atoms with E-state index in [0.29, 0.717) is 5.92 Å². The standard InChI is InChI=1S/C14H20N4/c1-9-3-5-10(6-4-9)13-16-11-7-8-12(15-2)17-14(11)18-13/h7-10H,3-6H2,1-2H3,(H2,15,16,17,18). The highest BCUT2D eigenvalue weighted by Crippen LogP contribution is 2.34. The highest BCUT2D eigenvalue weighted by atomic mass is 15.0. The molecular weight excluding hydrogens is 224 g/mol. The first kappa shape index (κ1) is 11.5. The van der Waals surface area contributed by atoms with Crippen LogP contribution in [0.15, 0.2) is 12.1 Å². The average Bonchev–Trinajstić information content (AvgIpc) is 2.82. The van der Waals surface area contributed by atoms with Crippen LogP contribution in [0.1, 0.15) is 44.3 Å². The van der Waals surface area contributed by atoms with Gasteiger partial charge in [0.25, 0.3) is 0 Å². The van der Waals surface area contributed by atoms with Gasteiger partial charge in [-0.15, -0.1) is 0 Å². The summed E-state index contributed by atoms with van der Waals surface area (Å²) >= 11 is 0. The Labute approximate surface area is 107 Å². The summed E-state index contributed by atoms with van der Waals surface area (Å²) in [6.07, 6.45) is 5.13.